The van der Waals surface area contributed by atoms with Crippen LogP contribution in [-0.2, 0) is 11.3 Å². The summed E-state index contributed by atoms with van der Waals surface area (Å²) >= 11 is 0.992. The van der Waals surface area contributed by atoms with Gasteiger partial charge in [-0.25, -0.2) is 5.43 Å². The fourth-order valence-corrected chi connectivity index (χ4v) is 2.11. The highest BCUT2D eigenvalue weighted by Crippen LogP contribution is 2.22. The van der Waals surface area contributed by atoms with Gasteiger partial charge in [0.2, 0.25) is 6.54 Å². The third-order valence-electron chi connectivity index (χ3n) is 2.28. The molecule has 8 heteroatoms. The summed E-state index contributed by atoms with van der Waals surface area (Å²) in [6.07, 6.45) is 4.92. The van der Waals surface area contributed by atoms with Gasteiger partial charge in [-0.3, -0.25) is 14.9 Å². The first kappa shape index (κ1) is 13.8. The number of thiophene rings is 1. The van der Waals surface area contributed by atoms with Crippen LogP contribution in [0.4, 0.5) is 5.00 Å². The first-order valence-corrected chi connectivity index (χ1v) is 6.47. The number of hydrogen-bond acceptors (Lipinski definition) is 5. The van der Waals surface area contributed by atoms with E-state index in [0.717, 1.165) is 11.3 Å². The van der Waals surface area contributed by atoms with Crippen molar-refractivity contribution in [3.8, 4) is 0 Å². The molecule has 20 heavy (non-hydrogen) atoms. The number of amides is 1. The highest BCUT2D eigenvalue weighted by molar-refractivity contribution is 7.16. The van der Waals surface area contributed by atoms with Crippen molar-refractivity contribution >= 4 is 28.5 Å². The number of hydrazone groups is 1. The maximum Gasteiger partial charge on any atom is 0.324 e. The van der Waals surface area contributed by atoms with Crippen LogP contribution in [0.1, 0.15) is 4.88 Å². The van der Waals surface area contributed by atoms with Crippen LogP contribution in [0.3, 0.4) is 0 Å². The SMILES string of the molecule is O=C(C[n+]1ccccc1)N/N=C\c1ccc([N+](=O)[O-])s1. The molecule has 0 atom stereocenters. The van der Waals surface area contributed by atoms with E-state index in [4.69, 9.17) is 0 Å². The number of rotatable bonds is 5. The molecule has 7 nitrogen and oxygen atoms in total. The molecule has 0 aromatic carbocycles. The Kier molecular flexibility index (Phi) is 4.51. The van der Waals surface area contributed by atoms with Crippen molar-refractivity contribution in [1.82, 2.24) is 5.43 Å². The molecule has 0 radical (unpaired) electrons. The smallest absolute Gasteiger partial charge is 0.266 e. The zero-order valence-corrected chi connectivity index (χ0v) is 11.1. The molecular weight excluding hydrogens is 280 g/mol. The molecule has 0 aliphatic carbocycles. The van der Waals surface area contributed by atoms with Gasteiger partial charge in [-0.05, 0) is 6.07 Å². The number of pyridine rings is 1. The highest BCUT2D eigenvalue weighted by atomic mass is 32.1. The van der Waals surface area contributed by atoms with E-state index in [2.05, 4.69) is 10.5 Å². The molecule has 0 saturated carbocycles. The number of nitrogens with zero attached hydrogens (tertiary/aromatic N) is 3. The van der Waals surface area contributed by atoms with Crippen LogP contribution in [0, 0.1) is 10.1 Å². The Hall–Kier alpha value is -2.61. The number of carbonyl (C=O) groups excluding carboxylic acids is 1. The minimum Gasteiger partial charge on any atom is -0.266 e. The molecule has 0 spiro atoms. The number of aromatic nitrogens is 1. The van der Waals surface area contributed by atoms with Crippen molar-refractivity contribution in [2.24, 2.45) is 5.10 Å². The Bertz CT molecular complexity index is 639. The third kappa shape index (κ3) is 3.95. The summed E-state index contributed by atoms with van der Waals surface area (Å²) in [7, 11) is 0. The minimum atomic E-state index is -0.466. The Morgan fingerprint density at radius 3 is 2.80 bits per heavy atom. The average molecular weight is 291 g/mol. The van der Waals surface area contributed by atoms with Gasteiger partial charge in [0.05, 0.1) is 16.0 Å². The first-order valence-electron chi connectivity index (χ1n) is 5.65. The summed E-state index contributed by atoms with van der Waals surface area (Å²) in [6.45, 7) is 0.156. The molecule has 2 heterocycles. The number of nitro groups is 1. The maximum absolute atomic E-state index is 11.6. The molecular formula is C12H11N4O3S+. The second kappa shape index (κ2) is 6.53. The van der Waals surface area contributed by atoms with Crippen LogP contribution in [0.2, 0.25) is 0 Å². The molecule has 2 aromatic rings. The Labute approximate surface area is 118 Å². The van der Waals surface area contributed by atoms with E-state index in [9.17, 15) is 14.9 Å². The van der Waals surface area contributed by atoms with E-state index in [1.54, 1.807) is 23.0 Å². The topological polar surface area (TPSA) is 88.5 Å². The molecule has 1 N–H and O–H groups in total. The molecule has 0 unspecified atom stereocenters. The van der Waals surface area contributed by atoms with Crippen LogP contribution in [0.25, 0.3) is 0 Å². The summed E-state index contributed by atoms with van der Waals surface area (Å²) < 4.78 is 1.71. The van der Waals surface area contributed by atoms with Gasteiger partial charge in [0.1, 0.15) is 0 Å². The lowest BCUT2D eigenvalue weighted by atomic mass is 10.4. The van der Waals surface area contributed by atoms with E-state index >= 15 is 0 Å². The van der Waals surface area contributed by atoms with Gasteiger partial charge in [-0.2, -0.15) is 9.67 Å². The Morgan fingerprint density at radius 1 is 1.40 bits per heavy atom. The summed E-state index contributed by atoms with van der Waals surface area (Å²) in [4.78, 5) is 22.2. The lowest BCUT2D eigenvalue weighted by Gasteiger charge is -1.95. The van der Waals surface area contributed by atoms with Crippen LogP contribution in [0.15, 0.2) is 47.8 Å². The largest absolute Gasteiger partial charge is 0.324 e. The second-order valence-electron chi connectivity index (χ2n) is 3.77. The monoisotopic (exact) mass is 291 g/mol. The van der Waals surface area contributed by atoms with Gasteiger partial charge in [0.15, 0.2) is 12.4 Å². The normalized spacial score (nSPS) is 10.6. The second-order valence-corrected chi connectivity index (χ2v) is 4.87. The summed E-state index contributed by atoms with van der Waals surface area (Å²) in [5.74, 6) is -0.275. The van der Waals surface area contributed by atoms with E-state index in [1.165, 1.54) is 12.3 Å². The molecule has 0 bridgehead atoms. The standard InChI is InChI=1S/C12H10N4O3S/c17-11(9-15-6-2-1-3-7-15)14-13-8-10-4-5-12(20-10)16(18)19/h1-8H,9H2/p+1/b13-8-. The fraction of sp³-hybridized carbons (Fsp3) is 0.0833. The number of carbonyl (C=O) groups is 1. The highest BCUT2D eigenvalue weighted by Gasteiger charge is 2.09. The lowest BCUT2D eigenvalue weighted by Crippen LogP contribution is -2.40. The van der Waals surface area contributed by atoms with Gasteiger partial charge in [-0.1, -0.05) is 17.4 Å². The van der Waals surface area contributed by atoms with Crippen molar-refractivity contribution in [3.63, 3.8) is 0 Å². The van der Waals surface area contributed by atoms with Crippen LogP contribution in [0.5, 0.6) is 0 Å². The molecule has 0 fully saturated rings. The third-order valence-corrected chi connectivity index (χ3v) is 3.25. The quantitative estimate of drug-likeness (QED) is 0.387. The van der Waals surface area contributed by atoms with Gasteiger partial charge in [-0.15, -0.1) is 0 Å². The van der Waals surface area contributed by atoms with Crippen LogP contribution >= 0.6 is 11.3 Å². The van der Waals surface area contributed by atoms with Crippen molar-refractivity contribution in [1.29, 1.82) is 0 Å². The molecule has 2 aromatic heterocycles. The van der Waals surface area contributed by atoms with Gasteiger partial charge in [0, 0.05) is 18.2 Å². The predicted octanol–water partition coefficient (Wildman–Crippen LogP) is 1.09. The Balaban J connectivity index is 1.86. The van der Waals surface area contributed by atoms with Crippen molar-refractivity contribution in [2.75, 3.05) is 0 Å². The summed E-state index contributed by atoms with van der Waals surface area (Å²) in [6, 6.07) is 8.47. The fourth-order valence-electron chi connectivity index (χ4n) is 1.42. The van der Waals surface area contributed by atoms with E-state index in [1.807, 2.05) is 18.2 Å². The number of nitrogens with one attached hydrogen (secondary N) is 1. The van der Waals surface area contributed by atoms with Crippen LogP contribution in [-0.4, -0.2) is 17.0 Å². The van der Waals surface area contributed by atoms with E-state index in [0.29, 0.717) is 4.88 Å². The first-order chi connectivity index (χ1) is 9.65. The van der Waals surface area contributed by atoms with E-state index in [-0.39, 0.29) is 17.5 Å². The van der Waals surface area contributed by atoms with Gasteiger partial charge < -0.3 is 0 Å². The zero-order chi connectivity index (χ0) is 14.4. The van der Waals surface area contributed by atoms with Gasteiger partial charge >= 0.3 is 10.9 Å². The van der Waals surface area contributed by atoms with Gasteiger partial charge in [0.25, 0.3) is 0 Å². The minimum absolute atomic E-state index is 0.0395. The van der Waals surface area contributed by atoms with Crippen molar-refractivity contribution < 1.29 is 14.3 Å². The van der Waals surface area contributed by atoms with Crippen LogP contribution < -0.4 is 9.99 Å². The summed E-state index contributed by atoms with van der Waals surface area (Å²) in [5, 5.41) is 14.3. The zero-order valence-electron chi connectivity index (χ0n) is 10.3. The number of hydrogen-bond donors (Lipinski definition) is 1. The lowest BCUT2D eigenvalue weighted by molar-refractivity contribution is -0.684. The molecule has 0 aliphatic rings. The van der Waals surface area contributed by atoms with Crippen molar-refractivity contribution in [3.05, 3.63) is 57.7 Å². The van der Waals surface area contributed by atoms with Crippen molar-refractivity contribution in [2.45, 2.75) is 6.54 Å². The predicted molar refractivity (Wildman–Crippen MR) is 73.3 cm³/mol. The molecule has 2 rings (SSSR count). The molecule has 102 valence electrons. The maximum atomic E-state index is 11.6. The molecule has 1 amide bonds. The average Bonchev–Trinajstić information content (AvgIpc) is 2.89. The Morgan fingerprint density at radius 2 is 2.15 bits per heavy atom. The van der Waals surface area contributed by atoms with E-state index < -0.39 is 4.92 Å². The summed E-state index contributed by atoms with van der Waals surface area (Å²) in [5.41, 5.74) is 2.36. The molecule has 0 aliphatic heterocycles. The molecule has 0 saturated heterocycles.